The third-order valence-electron chi connectivity index (χ3n) is 3.47. The van der Waals surface area contributed by atoms with Gasteiger partial charge < -0.3 is 0 Å². The van der Waals surface area contributed by atoms with E-state index >= 15 is 0 Å². The zero-order valence-electron chi connectivity index (χ0n) is 12.6. The van der Waals surface area contributed by atoms with Gasteiger partial charge in [0.1, 0.15) is 5.69 Å². The molecule has 1 fully saturated rings. The van der Waals surface area contributed by atoms with Crippen molar-refractivity contribution >= 4 is 63.3 Å². The Hall–Kier alpha value is -1.27. The van der Waals surface area contributed by atoms with Crippen LogP contribution in [0, 0.1) is 6.92 Å². The first-order chi connectivity index (χ1) is 11.5. The molecule has 1 saturated heterocycles. The summed E-state index contributed by atoms with van der Waals surface area (Å²) >= 11 is 19.5. The fourth-order valence-corrected chi connectivity index (χ4v) is 3.71. The van der Waals surface area contributed by atoms with Gasteiger partial charge >= 0.3 is 0 Å². The SMILES string of the molecule is Cc1ccccc1N=C1SCCN1C(=O)c1ncc(Cl)c(Cl)c1Cl. The van der Waals surface area contributed by atoms with Crippen molar-refractivity contribution < 1.29 is 4.79 Å². The number of thioether (sulfide) groups is 1. The molecule has 24 heavy (non-hydrogen) atoms. The maximum atomic E-state index is 12.8. The summed E-state index contributed by atoms with van der Waals surface area (Å²) < 4.78 is 0. The first-order valence-electron chi connectivity index (χ1n) is 7.07. The second-order valence-electron chi connectivity index (χ2n) is 5.07. The minimum absolute atomic E-state index is 0.0568. The van der Waals surface area contributed by atoms with Crippen LogP contribution in [0.15, 0.2) is 35.5 Å². The van der Waals surface area contributed by atoms with E-state index in [-0.39, 0.29) is 26.7 Å². The molecule has 0 N–H and O–H groups in total. The van der Waals surface area contributed by atoms with Gasteiger partial charge in [-0.25, -0.2) is 9.98 Å². The van der Waals surface area contributed by atoms with Crippen LogP contribution in [0.4, 0.5) is 5.69 Å². The molecule has 124 valence electrons. The second kappa shape index (κ2) is 7.31. The van der Waals surface area contributed by atoms with Gasteiger partial charge in [0.15, 0.2) is 5.17 Å². The van der Waals surface area contributed by atoms with Gasteiger partial charge in [0.05, 0.1) is 20.8 Å². The first-order valence-corrected chi connectivity index (χ1v) is 9.19. The number of aryl methyl sites for hydroxylation is 1. The fourth-order valence-electron chi connectivity index (χ4n) is 2.20. The van der Waals surface area contributed by atoms with Crippen LogP contribution in [0.25, 0.3) is 0 Å². The van der Waals surface area contributed by atoms with E-state index in [1.54, 1.807) is 4.90 Å². The maximum absolute atomic E-state index is 12.8. The Balaban J connectivity index is 1.95. The van der Waals surface area contributed by atoms with Crippen molar-refractivity contribution in [1.82, 2.24) is 9.88 Å². The zero-order chi connectivity index (χ0) is 17.3. The molecule has 0 atom stereocenters. The number of carbonyl (C=O) groups excluding carboxylic acids is 1. The summed E-state index contributed by atoms with van der Waals surface area (Å²) in [5, 5.41) is 1.02. The van der Waals surface area contributed by atoms with E-state index in [1.165, 1.54) is 18.0 Å². The lowest BCUT2D eigenvalue weighted by Gasteiger charge is -2.16. The average Bonchev–Trinajstić information content (AvgIpc) is 3.02. The van der Waals surface area contributed by atoms with Crippen molar-refractivity contribution in [2.45, 2.75) is 6.92 Å². The fraction of sp³-hybridized carbons (Fsp3) is 0.188. The standard InChI is InChI=1S/C16H12Cl3N3OS/c1-9-4-2-3-5-11(9)21-16-22(6-7-24-16)15(23)14-13(19)12(18)10(17)8-20-14/h2-5,8H,6-7H2,1H3. The number of amides is 1. The molecule has 0 spiro atoms. The third-order valence-corrected chi connectivity index (χ3v) is 5.67. The monoisotopic (exact) mass is 399 g/mol. The van der Waals surface area contributed by atoms with Gasteiger partial charge in [0.2, 0.25) is 0 Å². The Labute approximate surface area is 158 Å². The molecule has 1 aliphatic heterocycles. The lowest BCUT2D eigenvalue weighted by atomic mass is 10.2. The molecule has 8 heteroatoms. The van der Waals surface area contributed by atoms with Crippen molar-refractivity contribution in [3.05, 3.63) is 56.8 Å². The smallest absolute Gasteiger partial charge is 0.280 e. The van der Waals surface area contributed by atoms with E-state index < -0.39 is 0 Å². The lowest BCUT2D eigenvalue weighted by Crippen LogP contribution is -2.32. The van der Waals surface area contributed by atoms with E-state index in [4.69, 9.17) is 34.8 Å². The molecule has 1 aromatic carbocycles. The Morgan fingerprint density at radius 2 is 2.00 bits per heavy atom. The highest BCUT2D eigenvalue weighted by atomic mass is 35.5. The zero-order valence-corrected chi connectivity index (χ0v) is 15.7. The Morgan fingerprint density at radius 1 is 1.25 bits per heavy atom. The van der Waals surface area contributed by atoms with Gasteiger partial charge in [-0.1, -0.05) is 64.8 Å². The molecule has 3 rings (SSSR count). The van der Waals surface area contributed by atoms with Crippen molar-refractivity contribution in [3.8, 4) is 0 Å². The molecule has 0 saturated carbocycles. The number of halogens is 3. The molecular formula is C16H12Cl3N3OS. The van der Waals surface area contributed by atoms with Gasteiger partial charge in [-0.2, -0.15) is 0 Å². The van der Waals surface area contributed by atoms with Crippen molar-refractivity contribution in [1.29, 1.82) is 0 Å². The van der Waals surface area contributed by atoms with Crippen LogP contribution in [-0.2, 0) is 0 Å². The van der Waals surface area contributed by atoms with Crippen LogP contribution in [0.1, 0.15) is 16.1 Å². The Morgan fingerprint density at radius 3 is 2.75 bits per heavy atom. The van der Waals surface area contributed by atoms with Crippen LogP contribution in [0.5, 0.6) is 0 Å². The molecule has 4 nitrogen and oxygen atoms in total. The number of benzene rings is 1. The van der Waals surface area contributed by atoms with Crippen LogP contribution < -0.4 is 0 Å². The number of rotatable bonds is 2. The summed E-state index contributed by atoms with van der Waals surface area (Å²) in [5.74, 6) is 0.422. The number of hydrogen-bond donors (Lipinski definition) is 0. The number of carbonyl (C=O) groups is 1. The number of aliphatic imine (C=N–C) groups is 1. The predicted octanol–water partition coefficient (Wildman–Crippen LogP) is 5.23. The van der Waals surface area contributed by atoms with Gasteiger partial charge in [-0.15, -0.1) is 0 Å². The molecule has 1 aliphatic rings. The highest BCUT2D eigenvalue weighted by molar-refractivity contribution is 8.14. The van der Waals surface area contributed by atoms with E-state index in [2.05, 4.69) is 9.98 Å². The molecule has 0 unspecified atom stereocenters. The highest BCUT2D eigenvalue weighted by Gasteiger charge is 2.30. The molecule has 2 heterocycles. The van der Waals surface area contributed by atoms with Crippen LogP contribution >= 0.6 is 46.6 Å². The van der Waals surface area contributed by atoms with Gasteiger partial charge in [-0.3, -0.25) is 9.69 Å². The number of pyridine rings is 1. The van der Waals surface area contributed by atoms with Crippen molar-refractivity contribution in [2.75, 3.05) is 12.3 Å². The lowest BCUT2D eigenvalue weighted by molar-refractivity contribution is 0.0854. The Bertz CT molecular complexity index is 841. The number of aromatic nitrogens is 1. The normalized spacial score (nSPS) is 16.0. The minimum Gasteiger partial charge on any atom is -0.285 e. The van der Waals surface area contributed by atoms with Crippen LogP contribution in [-0.4, -0.2) is 33.3 Å². The number of hydrogen-bond acceptors (Lipinski definition) is 4. The van der Waals surface area contributed by atoms with Gasteiger partial charge in [0, 0.05) is 18.5 Å². The summed E-state index contributed by atoms with van der Waals surface area (Å²) in [6.07, 6.45) is 1.32. The molecule has 0 bridgehead atoms. The molecular weight excluding hydrogens is 389 g/mol. The third kappa shape index (κ3) is 3.40. The van der Waals surface area contributed by atoms with Gasteiger partial charge in [0.25, 0.3) is 5.91 Å². The van der Waals surface area contributed by atoms with E-state index in [1.807, 2.05) is 31.2 Å². The second-order valence-corrected chi connectivity index (χ2v) is 7.29. The van der Waals surface area contributed by atoms with E-state index in [9.17, 15) is 4.79 Å². The quantitative estimate of drug-likeness (QED) is 0.693. The molecule has 1 amide bonds. The highest BCUT2D eigenvalue weighted by Crippen LogP contribution is 2.33. The Kier molecular flexibility index (Phi) is 5.35. The molecule has 0 aliphatic carbocycles. The first kappa shape index (κ1) is 17.5. The average molecular weight is 401 g/mol. The summed E-state index contributed by atoms with van der Waals surface area (Å²) in [6, 6.07) is 7.75. The number of amidine groups is 1. The van der Waals surface area contributed by atoms with Crippen LogP contribution in [0.2, 0.25) is 15.1 Å². The summed E-state index contributed by atoms with van der Waals surface area (Å²) in [5.41, 5.74) is 1.94. The number of nitrogens with zero attached hydrogens (tertiary/aromatic N) is 3. The van der Waals surface area contributed by atoms with Gasteiger partial charge in [-0.05, 0) is 18.6 Å². The van der Waals surface area contributed by atoms with E-state index in [0.717, 1.165) is 17.0 Å². The summed E-state index contributed by atoms with van der Waals surface area (Å²) in [6.45, 7) is 2.51. The predicted molar refractivity (Wildman–Crippen MR) is 101 cm³/mol. The topological polar surface area (TPSA) is 45.6 Å². The summed E-state index contributed by atoms with van der Waals surface area (Å²) in [4.78, 5) is 23.0. The minimum atomic E-state index is -0.337. The molecule has 2 aromatic rings. The van der Waals surface area contributed by atoms with E-state index in [0.29, 0.717) is 11.7 Å². The maximum Gasteiger partial charge on any atom is 0.280 e. The largest absolute Gasteiger partial charge is 0.285 e. The number of para-hydroxylation sites is 1. The van der Waals surface area contributed by atoms with Crippen LogP contribution in [0.3, 0.4) is 0 Å². The van der Waals surface area contributed by atoms with Crippen molar-refractivity contribution in [2.24, 2.45) is 4.99 Å². The summed E-state index contributed by atoms with van der Waals surface area (Å²) in [7, 11) is 0. The van der Waals surface area contributed by atoms with Crippen molar-refractivity contribution in [3.63, 3.8) is 0 Å². The molecule has 1 aromatic heterocycles. The molecule has 0 radical (unpaired) electrons.